The molecule has 1 aromatic carbocycles. The molecular formula is C32H40N2O3. The van der Waals surface area contributed by atoms with Crippen molar-refractivity contribution in [2.45, 2.75) is 79.1 Å². The zero-order valence-electron chi connectivity index (χ0n) is 22.8. The summed E-state index contributed by atoms with van der Waals surface area (Å²) >= 11 is 0. The summed E-state index contributed by atoms with van der Waals surface area (Å²) in [4.78, 5) is 25.9. The van der Waals surface area contributed by atoms with Gasteiger partial charge >= 0.3 is 5.97 Å². The van der Waals surface area contributed by atoms with Crippen LogP contribution in [0.5, 0.6) is 0 Å². The highest BCUT2D eigenvalue weighted by Crippen LogP contribution is 2.41. The number of benzene rings is 1. The second-order valence-corrected chi connectivity index (χ2v) is 10.4. The molecule has 3 unspecified atom stereocenters. The van der Waals surface area contributed by atoms with Crippen molar-refractivity contribution in [2.75, 3.05) is 0 Å². The molecule has 0 fully saturated rings. The van der Waals surface area contributed by atoms with E-state index in [9.17, 15) is 14.7 Å². The molecule has 2 aliphatic rings. The monoisotopic (exact) mass is 500 g/mol. The number of ketones is 1. The first-order chi connectivity index (χ1) is 17.7. The summed E-state index contributed by atoms with van der Waals surface area (Å²) in [6, 6.07) is 10.2. The van der Waals surface area contributed by atoms with Gasteiger partial charge in [-0.2, -0.15) is 10.2 Å². The number of rotatable bonds is 7. The number of aliphatic carboxylic acids is 1. The average molecular weight is 501 g/mol. The summed E-state index contributed by atoms with van der Waals surface area (Å²) < 4.78 is 0. The van der Waals surface area contributed by atoms with Crippen LogP contribution in [-0.2, 0) is 9.59 Å². The lowest BCUT2D eigenvalue weighted by Crippen LogP contribution is -2.29. The standard InChI is InChI=1S/C32H40N2O3/c1-6-22(4)30(32(36)37)31(25-15-11-8-12-16-25)29-23(5)19-26(24-13-9-7-10-14-24)20-27(35)17-18-28(29)34-33-21(2)3/h7-15,25-26,31H,6,16-20H2,1-5H3,(H,36,37)/b29-23+,30-22?,34-28-. The van der Waals surface area contributed by atoms with Crippen molar-refractivity contribution >= 4 is 23.2 Å². The van der Waals surface area contributed by atoms with Crippen LogP contribution in [0.4, 0.5) is 0 Å². The summed E-state index contributed by atoms with van der Waals surface area (Å²) in [7, 11) is 0. The van der Waals surface area contributed by atoms with E-state index in [1.807, 2.05) is 58.0 Å². The van der Waals surface area contributed by atoms with Gasteiger partial charge in [-0.3, -0.25) is 4.79 Å². The Morgan fingerprint density at radius 2 is 1.81 bits per heavy atom. The molecule has 5 heteroatoms. The van der Waals surface area contributed by atoms with E-state index in [2.05, 4.69) is 41.4 Å². The molecule has 0 saturated heterocycles. The van der Waals surface area contributed by atoms with Gasteiger partial charge in [-0.15, -0.1) is 0 Å². The number of allylic oxidation sites excluding steroid dienone is 7. The lowest BCUT2D eigenvalue weighted by atomic mass is 9.71. The van der Waals surface area contributed by atoms with Crippen molar-refractivity contribution in [1.29, 1.82) is 0 Å². The van der Waals surface area contributed by atoms with Crippen LogP contribution in [0.15, 0.2) is 87.1 Å². The van der Waals surface area contributed by atoms with Gasteiger partial charge in [0.05, 0.1) is 5.71 Å². The Balaban J connectivity index is 2.31. The first kappa shape index (κ1) is 28.2. The van der Waals surface area contributed by atoms with Gasteiger partial charge in [0, 0.05) is 30.0 Å². The van der Waals surface area contributed by atoms with Gasteiger partial charge in [0.25, 0.3) is 0 Å². The van der Waals surface area contributed by atoms with E-state index in [-0.39, 0.29) is 23.5 Å². The molecule has 0 bridgehead atoms. The second kappa shape index (κ2) is 13.3. The van der Waals surface area contributed by atoms with Gasteiger partial charge in [0.15, 0.2) is 0 Å². The smallest absolute Gasteiger partial charge is 0.332 e. The largest absolute Gasteiger partial charge is 0.478 e. The molecule has 196 valence electrons. The number of nitrogens with zero attached hydrogens (tertiary/aromatic N) is 2. The van der Waals surface area contributed by atoms with Crippen molar-refractivity contribution in [3.05, 3.63) is 82.5 Å². The SMILES string of the molecule is CCC(C)=C(C(=O)O)C(/C1=C(\C)CC(c2ccccc2)CC(=O)CC\C1=N\N=C(C)C)C1C=CC=CC1. The number of carbonyl (C=O) groups excluding carboxylic acids is 1. The fraction of sp³-hybridized carbons (Fsp3) is 0.438. The van der Waals surface area contributed by atoms with Gasteiger partial charge < -0.3 is 5.11 Å². The molecule has 1 N–H and O–H groups in total. The Morgan fingerprint density at radius 1 is 1.08 bits per heavy atom. The molecular weight excluding hydrogens is 460 g/mol. The molecule has 0 amide bonds. The molecule has 0 aromatic heterocycles. The molecule has 3 atom stereocenters. The van der Waals surface area contributed by atoms with E-state index < -0.39 is 5.97 Å². The van der Waals surface area contributed by atoms with Crippen LogP contribution < -0.4 is 0 Å². The molecule has 0 spiro atoms. The number of carbonyl (C=O) groups is 2. The highest BCUT2D eigenvalue weighted by Gasteiger charge is 2.36. The molecule has 0 radical (unpaired) electrons. The Labute approximate surface area is 221 Å². The minimum Gasteiger partial charge on any atom is -0.478 e. The quantitative estimate of drug-likeness (QED) is 0.237. The lowest BCUT2D eigenvalue weighted by molar-refractivity contribution is -0.133. The van der Waals surface area contributed by atoms with Crippen molar-refractivity contribution < 1.29 is 14.7 Å². The minimum absolute atomic E-state index is 0.0221. The Hall–Kier alpha value is -3.34. The van der Waals surface area contributed by atoms with Gasteiger partial charge in [-0.05, 0) is 76.4 Å². The minimum atomic E-state index is -0.891. The number of hydrogen-bond donors (Lipinski definition) is 1. The zero-order valence-corrected chi connectivity index (χ0v) is 22.8. The van der Waals surface area contributed by atoms with Crippen LogP contribution in [0.1, 0.15) is 84.6 Å². The first-order valence-corrected chi connectivity index (χ1v) is 13.3. The Kier molecular flexibility index (Phi) is 10.1. The summed E-state index contributed by atoms with van der Waals surface area (Å²) in [5.74, 6) is -1.06. The molecule has 0 aliphatic heterocycles. The molecule has 1 aromatic rings. The molecule has 0 heterocycles. The number of carboxylic acid groups (broad SMARTS) is 1. The van der Waals surface area contributed by atoms with Gasteiger partial charge in [0.2, 0.25) is 0 Å². The van der Waals surface area contributed by atoms with Crippen LogP contribution >= 0.6 is 0 Å². The number of Topliss-reactive ketones (excluding diaryl/α,β-unsaturated/α-hetero) is 1. The number of hydrogen-bond acceptors (Lipinski definition) is 4. The zero-order chi connectivity index (χ0) is 26.9. The maximum Gasteiger partial charge on any atom is 0.332 e. The highest BCUT2D eigenvalue weighted by atomic mass is 16.4. The molecule has 37 heavy (non-hydrogen) atoms. The molecule has 0 saturated carbocycles. The average Bonchev–Trinajstić information content (AvgIpc) is 2.94. The first-order valence-electron chi connectivity index (χ1n) is 13.3. The van der Waals surface area contributed by atoms with E-state index in [4.69, 9.17) is 0 Å². The Morgan fingerprint density at radius 3 is 2.41 bits per heavy atom. The van der Waals surface area contributed by atoms with Crippen LogP contribution in [0.3, 0.4) is 0 Å². The maximum absolute atomic E-state index is 13.1. The van der Waals surface area contributed by atoms with E-state index >= 15 is 0 Å². The normalized spacial score (nSPS) is 25.1. The van der Waals surface area contributed by atoms with E-state index in [1.54, 1.807) is 0 Å². The topological polar surface area (TPSA) is 79.1 Å². The predicted octanol–water partition coefficient (Wildman–Crippen LogP) is 7.63. The number of carboxylic acids is 1. The van der Waals surface area contributed by atoms with E-state index in [0.29, 0.717) is 37.7 Å². The van der Waals surface area contributed by atoms with Gasteiger partial charge in [-0.25, -0.2) is 4.79 Å². The van der Waals surface area contributed by atoms with Crippen molar-refractivity contribution in [1.82, 2.24) is 0 Å². The maximum atomic E-state index is 13.1. The summed E-state index contributed by atoms with van der Waals surface area (Å²) in [5.41, 5.74) is 6.01. The Bertz CT molecular complexity index is 1180. The van der Waals surface area contributed by atoms with Crippen LogP contribution in [-0.4, -0.2) is 28.3 Å². The predicted molar refractivity (Wildman–Crippen MR) is 152 cm³/mol. The molecule has 5 nitrogen and oxygen atoms in total. The van der Waals surface area contributed by atoms with E-state index in [0.717, 1.165) is 40.1 Å². The van der Waals surface area contributed by atoms with Crippen LogP contribution in [0.25, 0.3) is 0 Å². The van der Waals surface area contributed by atoms with Gasteiger partial charge in [-0.1, -0.05) is 72.7 Å². The van der Waals surface area contributed by atoms with Crippen molar-refractivity contribution in [3.8, 4) is 0 Å². The third-order valence-corrected chi connectivity index (χ3v) is 7.36. The fourth-order valence-electron chi connectivity index (χ4n) is 5.43. The highest BCUT2D eigenvalue weighted by molar-refractivity contribution is 6.05. The second-order valence-electron chi connectivity index (χ2n) is 10.4. The van der Waals surface area contributed by atoms with Gasteiger partial charge in [0.1, 0.15) is 5.78 Å². The lowest BCUT2D eigenvalue weighted by Gasteiger charge is -2.32. The third kappa shape index (κ3) is 7.34. The van der Waals surface area contributed by atoms with Crippen molar-refractivity contribution in [3.63, 3.8) is 0 Å². The molecule has 2 aliphatic carbocycles. The molecule has 3 rings (SSSR count). The van der Waals surface area contributed by atoms with E-state index in [1.165, 1.54) is 0 Å². The third-order valence-electron chi connectivity index (χ3n) is 7.36. The summed E-state index contributed by atoms with van der Waals surface area (Å²) in [6.45, 7) is 9.80. The van der Waals surface area contributed by atoms with Crippen LogP contribution in [0, 0.1) is 11.8 Å². The summed E-state index contributed by atoms with van der Waals surface area (Å²) in [6.07, 6.45) is 11.6. The summed E-state index contributed by atoms with van der Waals surface area (Å²) in [5, 5.41) is 19.6. The fourth-order valence-corrected chi connectivity index (χ4v) is 5.43. The van der Waals surface area contributed by atoms with Crippen LogP contribution in [0.2, 0.25) is 0 Å². The van der Waals surface area contributed by atoms with Crippen molar-refractivity contribution in [2.24, 2.45) is 22.0 Å².